The number of carbonyl (C=O) groups is 1. The first-order valence-electron chi connectivity index (χ1n) is 11.8. The molecule has 0 unspecified atom stereocenters. The highest BCUT2D eigenvalue weighted by Crippen LogP contribution is 2.33. The van der Waals surface area contributed by atoms with Gasteiger partial charge in [0.1, 0.15) is 22.8 Å². The van der Waals surface area contributed by atoms with Crippen LogP contribution >= 0.6 is 0 Å². The van der Waals surface area contributed by atoms with Gasteiger partial charge in [-0.2, -0.15) is 0 Å². The number of nitrogens with two attached hydrogens (primary N) is 1. The van der Waals surface area contributed by atoms with Crippen LogP contribution in [0.15, 0.2) is 6.07 Å². The molecule has 2 aromatic heterocycles. The summed E-state index contributed by atoms with van der Waals surface area (Å²) in [7, 11) is 0. The van der Waals surface area contributed by atoms with E-state index in [4.69, 9.17) is 25.3 Å². The number of hydrogen-bond donors (Lipinski definition) is 2. The van der Waals surface area contributed by atoms with Crippen molar-refractivity contribution in [3.8, 4) is 0 Å². The van der Waals surface area contributed by atoms with Crippen molar-refractivity contribution in [1.29, 1.82) is 0 Å². The van der Waals surface area contributed by atoms with Crippen LogP contribution in [0.4, 0.5) is 16.3 Å². The van der Waals surface area contributed by atoms with Crippen molar-refractivity contribution < 1.29 is 14.3 Å². The first-order valence-corrected chi connectivity index (χ1v) is 11.8. The van der Waals surface area contributed by atoms with E-state index in [1.54, 1.807) is 0 Å². The lowest BCUT2D eigenvalue weighted by Gasteiger charge is -2.45. The Labute approximate surface area is 195 Å². The van der Waals surface area contributed by atoms with Crippen LogP contribution in [0.1, 0.15) is 53.3 Å². The third kappa shape index (κ3) is 4.86. The summed E-state index contributed by atoms with van der Waals surface area (Å²) in [6.07, 6.45) is 2.03. The topological polar surface area (TPSA) is 111 Å². The summed E-state index contributed by atoms with van der Waals surface area (Å²) in [6.45, 7) is 14.6. The Kier molecular flexibility index (Phi) is 6.41. The Morgan fingerprint density at radius 2 is 2.03 bits per heavy atom. The zero-order chi connectivity index (χ0) is 23.9. The van der Waals surface area contributed by atoms with Gasteiger partial charge in [0.2, 0.25) is 0 Å². The average Bonchev–Trinajstić information content (AvgIpc) is 3.36. The molecule has 0 spiro atoms. The van der Waals surface area contributed by atoms with Gasteiger partial charge in [0.25, 0.3) is 0 Å². The number of carbonyl (C=O) groups excluding carboxylic acids is 1. The van der Waals surface area contributed by atoms with Crippen LogP contribution in [0.3, 0.4) is 0 Å². The zero-order valence-corrected chi connectivity index (χ0v) is 20.6. The Hall–Kier alpha value is -2.59. The van der Waals surface area contributed by atoms with Gasteiger partial charge in [0, 0.05) is 37.8 Å². The van der Waals surface area contributed by atoms with Crippen molar-refractivity contribution in [3.63, 3.8) is 0 Å². The monoisotopic (exact) mass is 459 g/mol. The number of nitrogens with zero attached hydrogens (tertiary/aromatic N) is 5. The lowest BCUT2D eigenvalue weighted by atomic mass is 10.1. The average molecular weight is 460 g/mol. The second-order valence-corrected chi connectivity index (χ2v) is 10.2. The first kappa shape index (κ1) is 23.6. The number of anilines is 2. The molecule has 2 aliphatic heterocycles. The maximum Gasteiger partial charge on any atom is 0.410 e. The molecule has 4 heterocycles. The normalized spacial score (nSPS) is 23.9. The van der Waals surface area contributed by atoms with E-state index < -0.39 is 5.60 Å². The lowest BCUT2D eigenvalue weighted by Crippen LogP contribution is -2.59. The summed E-state index contributed by atoms with van der Waals surface area (Å²) >= 11 is 0. The highest BCUT2D eigenvalue weighted by atomic mass is 16.6. The molecule has 4 rings (SSSR count). The van der Waals surface area contributed by atoms with Gasteiger partial charge >= 0.3 is 6.09 Å². The SMILES string of the molecule is Cc1nc2c(N3C[C@@H](C)N(C(=O)OC(C)(C)C)C[C@@H]3C)cc(NN)nc2n1C[C@@H]1CCCO1. The van der Waals surface area contributed by atoms with Crippen LogP contribution in [0, 0.1) is 6.92 Å². The number of nitrogen functional groups attached to an aromatic ring is 1. The van der Waals surface area contributed by atoms with Crippen molar-refractivity contribution in [2.45, 2.75) is 84.7 Å². The maximum absolute atomic E-state index is 12.8. The van der Waals surface area contributed by atoms with Gasteiger partial charge in [-0.3, -0.25) is 0 Å². The van der Waals surface area contributed by atoms with E-state index in [9.17, 15) is 4.79 Å². The van der Waals surface area contributed by atoms with Gasteiger partial charge < -0.3 is 29.3 Å². The Bertz CT molecular complexity index is 1010. The van der Waals surface area contributed by atoms with Crippen LogP contribution < -0.4 is 16.2 Å². The van der Waals surface area contributed by atoms with Crippen molar-refractivity contribution in [1.82, 2.24) is 19.4 Å². The number of imidazole rings is 1. The molecule has 0 radical (unpaired) electrons. The molecule has 10 heteroatoms. The number of fused-ring (bicyclic) bond motifs is 1. The summed E-state index contributed by atoms with van der Waals surface area (Å²) in [6, 6.07) is 1.98. The number of amides is 1. The minimum atomic E-state index is -0.524. The predicted molar refractivity (Wildman–Crippen MR) is 128 cm³/mol. The van der Waals surface area contributed by atoms with Crippen LogP contribution in [0.25, 0.3) is 11.2 Å². The lowest BCUT2D eigenvalue weighted by molar-refractivity contribution is 0.0130. The number of ether oxygens (including phenoxy) is 2. The molecule has 2 fully saturated rings. The maximum atomic E-state index is 12.8. The zero-order valence-electron chi connectivity index (χ0n) is 20.6. The molecule has 3 atom stereocenters. The molecule has 2 aromatic rings. The van der Waals surface area contributed by atoms with Crippen molar-refractivity contribution in [2.75, 3.05) is 30.0 Å². The molecule has 0 aliphatic carbocycles. The van der Waals surface area contributed by atoms with E-state index in [1.165, 1.54) is 0 Å². The number of hydrogen-bond acceptors (Lipinski definition) is 8. The second kappa shape index (κ2) is 8.98. The number of rotatable bonds is 4. The molecule has 2 saturated heterocycles. The molecule has 0 saturated carbocycles. The van der Waals surface area contributed by atoms with Gasteiger partial charge in [-0.05, 0) is 54.4 Å². The van der Waals surface area contributed by atoms with Crippen LogP contribution in [0.5, 0.6) is 0 Å². The van der Waals surface area contributed by atoms with Crippen LogP contribution in [-0.4, -0.2) is 69.0 Å². The van der Waals surface area contributed by atoms with E-state index in [-0.39, 0.29) is 24.3 Å². The molecule has 0 bridgehead atoms. The van der Waals surface area contributed by atoms with Crippen LogP contribution in [0.2, 0.25) is 0 Å². The predicted octanol–water partition coefficient (Wildman–Crippen LogP) is 3.04. The third-order valence-corrected chi connectivity index (χ3v) is 6.36. The summed E-state index contributed by atoms with van der Waals surface area (Å²) in [5.74, 6) is 7.27. The largest absolute Gasteiger partial charge is 0.444 e. The Morgan fingerprint density at radius 3 is 2.67 bits per heavy atom. The summed E-state index contributed by atoms with van der Waals surface area (Å²) < 4.78 is 13.6. The molecule has 2 aliphatic rings. The number of nitrogens with one attached hydrogen (secondary N) is 1. The molecular weight excluding hydrogens is 422 g/mol. The van der Waals surface area contributed by atoms with Crippen LogP contribution in [-0.2, 0) is 16.0 Å². The van der Waals surface area contributed by atoms with Gasteiger partial charge in [0.05, 0.1) is 18.3 Å². The standard InChI is InChI=1S/C23H37N7O3/c1-14-12-29(22(31)33-23(4,5)6)15(2)11-28(14)18-10-19(27-24)26-21-20(18)25-16(3)30(21)13-17-8-7-9-32-17/h10,14-15,17H,7-9,11-13,24H2,1-6H3,(H,26,27)/t14-,15+,17-/m0/s1. The van der Waals surface area contributed by atoms with Crippen molar-refractivity contribution >= 4 is 28.8 Å². The number of aromatic nitrogens is 3. The fourth-order valence-corrected chi connectivity index (χ4v) is 4.72. The second-order valence-electron chi connectivity index (χ2n) is 10.2. The van der Waals surface area contributed by atoms with Gasteiger partial charge in [-0.15, -0.1) is 0 Å². The van der Waals surface area contributed by atoms with Gasteiger partial charge in [-0.1, -0.05) is 0 Å². The van der Waals surface area contributed by atoms with E-state index in [1.807, 2.05) is 45.6 Å². The smallest absolute Gasteiger partial charge is 0.410 e. The highest BCUT2D eigenvalue weighted by molar-refractivity contribution is 5.89. The summed E-state index contributed by atoms with van der Waals surface area (Å²) in [5, 5.41) is 0. The fraction of sp³-hybridized carbons (Fsp3) is 0.696. The molecule has 182 valence electrons. The van der Waals surface area contributed by atoms with E-state index in [2.05, 4.69) is 21.8 Å². The van der Waals surface area contributed by atoms with E-state index in [0.717, 1.165) is 48.7 Å². The van der Waals surface area contributed by atoms with E-state index >= 15 is 0 Å². The number of piperazine rings is 1. The fourth-order valence-electron chi connectivity index (χ4n) is 4.72. The van der Waals surface area contributed by atoms with Crippen molar-refractivity contribution in [3.05, 3.63) is 11.9 Å². The molecule has 33 heavy (non-hydrogen) atoms. The molecule has 1 amide bonds. The minimum Gasteiger partial charge on any atom is -0.444 e. The Morgan fingerprint density at radius 1 is 1.27 bits per heavy atom. The minimum absolute atomic E-state index is 0.0244. The van der Waals surface area contributed by atoms with Gasteiger partial charge in [-0.25, -0.2) is 20.6 Å². The van der Waals surface area contributed by atoms with Gasteiger partial charge in [0.15, 0.2) is 5.65 Å². The number of pyridine rings is 1. The summed E-state index contributed by atoms with van der Waals surface area (Å²) in [4.78, 5) is 26.5. The van der Waals surface area contributed by atoms with E-state index in [0.29, 0.717) is 18.9 Å². The first-order chi connectivity index (χ1) is 15.6. The van der Waals surface area contributed by atoms with Crippen molar-refractivity contribution in [2.24, 2.45) is 5.84 Å². The molecule has 10 nitrogen and oxygen atoms in total. The molecule has 0 aromatic carbocycles. The molecule has 3 N–H and O–H groups in total. The summed E-state index contributed by atoms with van der Waals surface area (Å²) in [5.41, 5.74) is 4.79. The number of aryl methyl sites for hydroxylation is 1. The quantitative estimate of drug-likeness (QED) is 0.530. The highest BCUT2D eigenvalue weighted by Gasteiger charge is 2.36. The third-order valence-electron chi connectivity index (χ3n) is 6.36. The Balaban J connectivity index is 1.65. The number of hydrazine groups is 1. The molecular formula is C23H37N7O3.